The summed E-state index contributed by atoms with van der Waals surface area (Å²) in [5.41, 5.74) is 1.33. The van der Waals surface area contributed by atoms with Crippen LogP contribution >= 0.6 is 34.0 Å². The third-order valence-electron chi connectivity index (χ3n) is 1.19. The highest BCUT2D eigenvalue weighted by Crippen LogP contribution is 1.88. The summed E-state index contributed by atoms with van der Waals surface area (Å²) in [5.74, 6) is 0. The maximum absolute atomic E-state index is 2.69. The van der Waals surface area contributed by atoms with Crippen LogP contribution in [0.5, 0.6) is 0 Å². The van der Waals surface area contributed by atoms with Crippen LogP contribution in [0, 0.1) is 6.92 Å². The Bertz CT molecular complexity index is 168. The van der Waals surface area contributed by atoms with Crippen molar-refractivity contribution in [2.45, 2.75) is 6.92 Å². The first-order valence-corrected chi connectivity index (χ1v) is 3.19. The van der Waals surface area contributed by atoms with Crippen LogP contribution in [0.1, 0.15) is 5.56 Å². The van der Waals surface area contributed by atoms with E-state index in [2.05, 4.69) is 35.3 Å². The van der Waals surface area contributed by atoms with Crippen molar-refractivity contribution in [3.63, 3.8) is 0 Å². The molecule has 54 valence electrons. The van der Waals surface area contributed by atoms with Crippen molar-refractivity contribution in [1.82, 2.24) is 0 Å². The van der Waals surface area contributed by atoms with Crippen LogP contribution in [0.15, 0.2) is 24.3 Å². The van der Waals surface area contributed by atoms with E-state index in [1.165, 1.54) is 9.99 Å². The van der Waals surface area contributed by atoms with E-state index in [0.29, 0.717) is 0 Å². The molecule has 0 aliphatic heterocycles. The molecular weight excluding hydrogens is 271 g/mol. The molecule has 2 radical (unpaired) electrons. The monoisotopic (exact) mass is 278 g/mol. The summed E-state index contributed by atoms with van der Waals surface area (Å²) in [5, 5.41) is 0. The van der Waals surface area contributed by atoms with Gasteiger partial charge in [0.15, 0.2) is 16.3 Å². The van der Waals surface area contributed by atoms with Crippen molar-refractivity contribution in [2.75, 3.05) is 0 Å². The van der Waals surface area contributed by atoms with Gasteiger partial charge in [-0.1, -0.05) is 29.8 Å². The van der Waals surface area contributed by atoms with Gasteiger partial charge in [-0.15, -0.1) is 38.4 Å². The van der Waals surface area contributed by atoms with Gasteiger partial charge in [0.2, 0.25) is 0 Å². The average molecular weight is 280 g/mol. The molecule has 3 heteroatoms. The molecular formula is C7H9AlBr2. The lowest BCUT2D eigenvalue weighted by Crippen LogP contribution is -2.04. The summed E-state index contributed by atoms with van der Waals surface area (Å²) in [4.78, 5) is 0. The van der Waals surface area contributed by atoms with Crippen LogP contribution in [0.2, 0.25) is 0 Å². The molecule has 0 atom stereocenters. The van der Waals surface area contributed by atoms with E-state index in [4.69, 9.17) is 0 Å². The third kappa shape index (κ3) is 3.78. The zero-order chi connectivity index (χ0) is 5.98. The first kappa shape index (κ1) is 13.3. The van der Waals surface area contributed by atoms with E-state index in [1.54, 1.807) is 0 Å². The highest BCUT2D eigenvalue weighted by Gasteiger charge is 1.82. The molecule has 0 saturated carbocycles. The first-order valence-electron chi connectivity index (χ1n) is 2.62. The summed E-state index contributed by atoms with van der Waals surface area (Å²) in [6.45, 7) is 2.10. The predicted octanol–water partition coefficient (Wildman–Crippen LogP) is 1.94. The standard InChI is InChI=1S/C7H7.Al.2BrH/c1-7-5-3-2-4-6-7;;;/h2-5H,1H3;;2*1H. The van der Waals surface area contributed by atoms with Gasteiger partial charge in [0.1, 0.15) is 0 Å². The SMILES string of the molecule is Br.Br.Cc1cccc[c]1[Al]. The number of hydrogen-bond donors (Lipinski definition) is 0. The Balaban J connectivity index is 0. The quantitative estimate of drug-likeness (QED) is 0.637. The van der Waals surface area contributed by atoms with Crippen LogP contribution in [0.3, 0.4) is 0 Å². The zero-order valence-electron chi connectivity index (χ0n) is 5.70. The lowest BCUT2D eigenvalue weighted by molar-refractivity contribution is 1.52. The maximum atomic E-state index is 2.69. The minimum atomic E-state index is 0. The van der Waals surface area contributed by atoms with Crippen molar-refractivity contribution in [3.8, 4) is 0 Å². The van der Waals surface area contributed by atoms with Gasteiger partial charge in [-0.25, -0.2) is 0 Å². The second-order valence-corrected chi connectivity index (χ2v) is 2.48. The molecule has 0 fully saturated rings. The van der Waals surface area contributed by atoms with Gasteiger partial charge in [0.25, 0.3) is 0 Å². The normalized spacial score (nSPS) is 7.30. The van der Waals surface area contributed by atoms with E-state index in [0.717, 1.165) is 0 Å². The molecule has 1 aromatic carbocycles. The van der Waals surface area contributed by atoms with Crippen LogP contribution in [-0.2, 0) is 0 Å². The van der Waals surface area contributed by atoms with Crippen molar-refractivity contribution >= 4 is 54.7 Å². The number of rotatable bonds is 0. The molecule has 0 heterocycles. The number of halogens is 2. The Morgan fingerprint density at radius 1 is 1.10 bits per heavy atom. The van der Waals surface area contributed by atoms with Crippen molar-refractivity contribution in [1.29, 1.82) is 0 Å². The lowest BCUT2D eigenvalue weighted by atomic mass is 10.2. The molecule has 0 bridgehead atoms. The average Bonchev–Trinajstić information content (AvgIpc) is 1.77. The molecule has 0 spiro atoms. The van der Waals surface area contributed by atoms with E-state index >= 15 is 0 Å². The Labute approximate surface area is 91.0 Å². The fraction of sp³-hybridized carbons (Fsp3) is 0.143. The van der Waals surface area contributed by atoms with E-state index in [-0.39, 0.29) is 34.0 Å². The van der Waals surface area contributed by atoms with Gasteiger partial charge in [-0.05, 0) is 6.92 Å². The molecule has 1 rings (SSSR count). The second kappa shape index (κ2) is 6.42. The highest BCUT2D eigenvalue weighted by molar-refractivity contribution is 8.93. The fourth-order valence-corrected chi connectivity index (χ4v) is 0.794. The fourth-order valence-electron chi connectivity index (χ4n) is 0.587. The van der Waals surface area contributed by atoms with Gasteiger partial charge < -0.3 is 0 Å². The van der Waals surface area contributed by atoms with Gasteiger partial charge >= 0.3 is 0 Å². The Morgan fingerprint density at radius 3 is 1.90 bits per heavy atom. The van der Waals surface area contributed by atoms with Gasteiger partial charge in [-0.3, -0.25) is 0 Å². The minimum absolute atomic E-state index is 0. The smallest absolute Gasteiger partial charge is 0.136 e. The minimum Gasteiger partial charge on any atom is -0.136 e. The number of benzene rings is 1. The van der Waals surface area contributed by atoms with E-state index < -0.39 is 0 Å². The summed E-state index contributed by atoms with van der Waals surface area (Å²) in [6, 6.07) is 8.26. The maximum Gasteiger partial charge on any atom is 0.175 e. The van der Waals surface area contributed by atoms with Crippen LogP contribution in [-0.4, -0.2) is 16.3 Å². The largest absolute Gasteiger partial charge is 0.175 e. The third-order valence-corrected chi connectivity index (χ3v) is 1.84. The Hall–Kier alpha value is 0.712. The topological polar surface area (TPSA) is 0 Å². The van der Waals surface area contributed by atoms with Crippen molar-refractivity contribution < 1.29 is 0 Å². The summed E-state index contributed by atoms with van der Waals surface area (Å²) in [7, 11) is 0. The molecule has 0 saturated heterocycles. The van der Waals surface area contributed by atoms with E-state index in [9.17, 15) is 0 Å². The van der Waals surface area contributed by atoms with Crippen LogP contribution < -0.4 is 4.43 Å². The molecule has 0 unspecified atom stereocenters. The highest BCUT2D eigenvalue weighted by atomic mass is 79.9. The first-order chi connectivity index (χ1) is 3.80. The molecule has 0 nitrogen and oxygen atoms in total. The number of aryl methyl sites for hydroxylation is 1. The molecule has 0 aromatic heterocycles. The molecule has 0 aliphatic carbocycles. The molecule has 0 aliphatic rings. The summed E-state index contributed by atoms with van der Waals surface area (Å²) >= 11 is 2.69. The summed E-state index contributed by atoms with van der Waals surface area (Å²) in [6.07, 6.45) is 0. The Kier molecular flexibility index (Phi) is 8.55. The number of hydrogen-bond acceptors (Lipinski definition) is 0. The van der Waals surface area contributed by atoms with Gasteiger partial charge in [0.05, 0.1) is 0 Å². The zero-order valence-corrected chi connectivity index (χ0v) is 10.3. The molecule has 0 amide bonds. The van der Waals surface area contributed by atoms with Crippen molar-refractivity contribution in [2.24, 2.45) is 0 Å². The van der Waals surface area contributed by atoms with Crippen LogP contribution in [0.4, 0.5) is 0 Å². The van der Waals surface area contributed by atoms with Gasteiger partial charge in [0, 0.05) is 0 Å². The van der Waals surface area contributed by atoms with E-state index in [1.807, 2.05) is 12.1 Å². The molecule has 1 aromatic rings. The van der Waals surface area contributed by atoms with Crippen molar-refractivity contribution in [3.05, 3.63) is 29.8 Å². The molecule has 10 heavy (non-hydrogen) atoms. The van der Waals surface area contributed by atoms with Gasteiger partial charge in [-0.2, -0.15) is 0 Å². The lowest BCUT2D eigenvalue weighted by Gasteiger charge is -1.95. The van der Waals surface area contributed by atoms with Crippen LogP contribution in [0.25, 0.3) is 0 Å². The summed E-state index contributed by atoms with van der Waals surface area (Å²) < 4.78 is 1.28. The predicted molar refractivity (Wildman–Crippen MR) is 57.2 cm³/mol. The second-order valence-electron chi connectivity index (χ2n) is 1.86. The Morgan fingerprint density at radius 2 is 1.60 bits per heavy atom. The molecule has 0 N–H and O–H groups in total.